The summed E-state index contributed by atoms with van der Waals surface area (Å²) in [4.78, 5) is 7.79. The van der Waals surface area contributed by atoms with Gasteiger partial charge < -0.3 is 4.74 Å². The third kappa shape index (κ3) is 3.21. The van der Waals surface area contributed by atoms with E-state index in [1.165, 1.54) is 11.9 Å². The number of rotatable bonds is 4. The van der Waals surface area contributed by atoms with E-state index in [4.69, 9.17) is 16.3 Å². The van der Waals surface area contributed by atoms with Gasteiger partial charge in [-0.2, -0.15) is 0 Å². The van der Waals surface area contributed by atoms with Gasteiger partial charge in [-0.3, -0.25) is 0 Å². The summed E-state index contributed by atoms with van der Waals surface area (Å²) in [6, 6.07) is 9.47. The van der Waals surface area contributed by atoms with Gasteiger partial charge in [0, 0.05) is 23.7 Å². The molecule has 0 saturated heterocycles. The van der Waals surface area contributed by atoms with Crippen LogP contribution in [0.5, 0.6) is 5.88 Å². The Balaban J connectivity index is 1.82. The van der Waals surface area contributed by atoms with Gasteiger partial charge in [-0.1, -0.05) is 23.7 Å². The number of hydrogen-bond donors (Lipinski definition) is 0. The Hall–Kier alpha value is -1.61. The van der Waals surface area contributed by atoms with Gasteiger partial charge in [-0.15, -0.1) is 0 Å². The van der Waals surface area contributed by atoms with E-state index in [9.17, 15) is 0 Å². The zero-order chi connectivity index (χ0) is 11.2. The number of hydrogen-bond acceptors (Lipinski definition) is 3. The van der Waals surface area contributed by atoms with Gasteiger partial charge in [0.2, 0.25) is 5.88 Å². The van der Waals surface area contributed by atoms with Gasteiger partial charge in [-0.25, -0.2) is 9.97 Å². The van der Waals surface area contributed by atoms with Crippen molar-refractivity contribution < 1.29 is 4.74 Å². The summed E-state index contributed by atoms with van der Waals surface area (Å²) < 4.78 is 5.46. The molecule has 1 heterocycles. The third-order valence-corrected chi connectivity index (χ3v) is 2.36. The van der Waals surface area contributed by atoms with Crippen LogP contribution < -0.4 is 4.74 Å². The van der Waals surface area contributed by atoms with Gasteiger partial charge in [-0.05, 0) is 17.7 Å². The van der Waals surface area contributed by atoms with Crippen LogP contribution in [0.3, 0.4) is 0 Å². The molecule has 1 aromatic heterocycles. The lowest BCUT2D eigenvalue weighted by Gasteiger charge is -2.04. The Morgan fingerprint density at radius 3 is 2.62 bits per heavy atom. The molecule has 4 heteroatoms. The molecule has 0 fully saturated rings. The second-order valence-corrected chi connectivity index (χ2v) is 3.71. The Bertz CT molecular complexity index is 431. The molecule has 0 aliphatic rings. The smallest absolute Gasteiger partial charge is 0.216 e. The minimum Gasteiger partial charge on any atom is -0.477 e. The fourth-order valence-electron chi connectivity index (χ4n) is 1.29. The average molecular weight is 235 g/mol. The molecule has 0 bridgehead atoms. The third-order valence-electron chi connectivity index (χ3n) is 2.11. The van der Waals surface area contributed by atoms with E-state index in [1.54, 1.807) is 12.3 Å². The maximum Gasteiger partial charge on any atom is 0.216 e. The normalized spacial score (nSPS) is 10.1. The molecule has 82 valence electrons. The first kappa shape index (κ1) is 10.9. The quantitative estimate of drug-likeness (QED) is 0.816. The van der Waals surface area contributed by atoms with E-state index in [0.717, 1.165) is 11.4 Å². The fraction of sp³-hybridized carbons (Fsp3) is 0.167. The molecule has 0 aliphatic carbocycles. The molecule has 1 aromatic carbocycles. The second kappa shape index (κ2) is 5.47. The summed E-state index contributed by atoms with van der Waals surface area (Å²) in [5.74, 6) is 0.601. The zero-order valence-corrected chi connectivity index (χ0v) is 9.39. The molecule has 0 spiro atoms. The zero-order valence-electron chi connectivity index (χ0n) is 8.64. The van der Waals surface area contributed by atoms with Crippen molar-refractivity contribution in [1.29, 1.82) is 0 Å². The van der Waals surface area contributed by atoms with Gasteiger partial charge in [0.25, 0.3) is 0 Å². The van der Waals surface area contributed by atoms with Crippen LogP contribution in [0.1, 0.15) is 5.56 Å². The Morgan fingerprint density at radius 2 is 1.94 bits per heavy atom. The first-order valence-electron chi connectivity index (χ1n) is 4.98. The number of benzene rings is 1. The fourth-order valence-corrected chi connectivity index (χ4v) is 1.41. The number of aromatic nitrogens is 2. The van der Waals surface area contributed by atoms with Crippen LogP contribution >= 0.6 is 11.6 Å². The van der Waals surface area contributed by atoms with Crippen LogP contribution in [0.15, 0.2) is 42.9 Å². The maximum atomic E-state index is 5.79. The van der Waals surface area contributed by atoms with Crippen molar-refractivity contribution in [1.82, 2.24) is 9.97 Å². The summed E-state index contributed by atoms with van der Waals surface area (Å²) in [5, 5.41) is 0.750. The molecule has 0 aliphatic heterocycles. The molecule has 0 unspecified atom stereocenters. The minimum absolute atomic E-state index is 0.596. The molecular formula is C12H11ClN2O. The molecule has 0 amide bonds. The Morgan fingerprint density at radius 1 is 1.12 bits per heavy atom. The van der Waals surface area contributed by atoms with E-state index in [2.05, 4.69) is 9.97 Å². The van der Waals surface area contributed by atoms with Gasteiger partial charge in [0.05, 0.1) is 6.61 Å². The van der Waals surface area contributed by atoms with E-state index in [-0.39, 0.29) is 0 Å². The van der Waals surface area contributed by atoms with Crippen LogP contribution in [0.2, 0.25) is 5.02 Å². The lowest BCUT2D eigenvalue weighted by Crippen LogP contribution is -2.02. The van der Waals surface area contributed by atoms with Crippen LogP contribution in [0, 0.1) is 0 Å². The predicted octanol–water partition coefficient (Wildman–Crippen LogP) is 2.75. The first-order valence-corrected chi connectivity index (χ1v) is 5.35. The van der Waals surface area contributed by atoms with Crippen molar-refractivity contribution in [2.45, 2.75) is 6.42 Å². The van der Waals surface area contributed by atoms with Gasteiger partial charge >= 0.3 is 0 Å². The van der Waals surface area contributed by atoms with E-state index >= 15 is 0 Å². The van der Waals surface area contributed by atoms with Crippen molar-refractivity contribution >= 4 is 11.6 Å². The minimum atomic E-state index is 0.596. The molecule has 16 heavy (non-hydrogen) atoms. The average Bonchev–Trinajstić information content (AvgIpc) is 2.33. The highest BCUT2D eigenvalue weighted by atomic mass is 35.5. The molecule has 0 N–H and O–H groups in total. The van der Waals surface area contributed by atoms with Gasteiger partial charge in [0.15, 0.2) is 0 Å². The lowest BCUT2D eigenvalue weighted by atomic mass is 10.2. The summed E-state index contributed by atoms with van der Waals surface area (Å²) >= 11 is 5.79. The van der Waals surface area contributed by atoms with E-state index in [1.807, 2.05) is 24.3 Å². The SMILES string of the molecule is Clc1ccc(CCOc2ccncn2)cc1. The highest BCUT2D eigenvalue weighted by Gasteiger charge is 1.96. The molecule has 2 aromatic rings. The predicted molar refractivity (Wildman–Crippen MR) is 62.7 cm³/mol. The van der Waals surface area contributed by atoms with E-state index < -0.39 is 0 Å². The van der Waals surface area contributed by atoms with Crippen LogP contribution in [-0.4, -0.2) is 16.6 Å². The van der Waals surface area contributed by atoms with Crippen LogP contribution in [-0.2, 0) is 6.42 Å². The molecule has 2 rings (SSSR count). The summed E-state index contributed by atoms with van der Waals surface area (Å²) in [5.41, 5.74) is 1.19. The van der Waals surface area contributed by atoms with Crippen molar-refractivity contribution in [2.24, 2.45) is 0 Å². The monoisotopic (exact) mass is 234 g/mol. The Kier molecular flexibility index (Phi) is 3.72. The standard InChI is InChI=1S/C12H11ClN2O/c13-11-3-1-10(2-4-11)6-8-16-12-5-7-14-9-15-12/h1-5,7,9H,6,8H2. The maximum absolute atomic E-state index is 5.79. The second-order valence-electron chi connectivity index (χ2n) is 3.27. The number of ether oxygens (including phenoxy) is 1. The van der Waals surface area contributed by atoms with E-state index in [0.29, 0.717) is 12.5 Å². The largest absolute Gasteiger partial charge is 0.477 e. The lowest BCUT2D eigenvalue weighted by molar-refractivity contribution is 0.309. The molecule has 0 radical (unpaired) electrons. The molecular weight excluding hydrogens is 224 g/mol. The number of halogens is 1. The van der Waals surface area contributed by atoms with Crippen LogP contribution in [0.4, 0.5) is 0 Å². The van der Waals surface area contributed by atoms with Crippen molar-refractivity contribution in [3.05, 3.63) is 53.4 Å². The van der Waals surface area contributed by atoms with Crippen molar-refractivity contribution in [2.75, 3.05) is 6.61 Å². The first-order chi connectivity index (χ1) is 7.84. The topological polar surface area (TPSA) is 35.0 Å². The molecule has 0 saturated carbocycles. The summed E-state index contributed by atoms with van der Waals surface area (Å²) in [7, 11) is 0. The highest BCUT2D eigenvalue weighted by molar-refractivity contribution is 6.30. The highest BCUT2D eigenvalue weighted by Crippen LogP contribution is 2.10. The Labute approximate surface area is 99.1 Å². The number of nitrogens with zero attached hydrogens (tertiary/aromatic N) is 2. The summed E-state index contributed by atoms with van der Waals surface area (Å²) in [6.07, 6.45) is 3.96. The van der Waals surface area contributed by atoms with Crippen molar-refractivity contribution in [3.8, 4) is 5.88 Å². The van der Waals surface area contributed by atoms with Crippen molar-refractivity contribution in [3.63, 3.8) is 0 Å². The van der Waals surface area contributed by atoms with Gasteiger partial charge in [0.1, 0.15) is 6.33 Å². The van der Waals surface area contributed by atoms with Crippen LogP contribution in [0.25, 0.3) is 0 Å². The summed E-state index contributed by atoms with van der Waals surface area (Å²) in [6.45, 7) is 0.596. The molecule has 3 nitrogen and oxygen atoms in total. The molecule has 0 atom stereocenters.